The van der Waals surface area contributed by atoms with Gasteiger partial charge in [0.1, 0.15) is 5.69 Å². The number of anilines is 1. The van der Waals surface area contributed by atoms with Gasteiger partial charge in [0.15, 0.2) is 6.54 Å². The van der Waals surface area contributed by atoms with Gasteiger partial charge in [0, 0.05) is 23.4 Å². The maximum absolute atomic E-state index is 11.5. The number of nitrogens with zero attached hydrogens (tertiary/aromatic N) is 3. The Balaban J connectivity index is 1.81. The Morgan fingerprint density at radius 1 is 1.20 bits per heavy atom. The van der Waals surface area contributed by atoms with E-state index in [0.29, 0.717) is 12.1 Å². The molecule has 25 heavy (non-hydrogen) atoms. The van der Waals surface area contributed by atoms with Gasteiger partial charge in [-0.25, -0.2) is 9.48 Å². The predicted molar refractivity (Wildman–Crippen MR) is 98.0 cm³/mol. The van der Waals surface area contributed by atoms with E-state index in [0.717, 1.165) is 29.6 Å². The van der Waals surface area contributed by atoms with Crippen molar-refractivity contribution >= 4 is 28.3 Å². The minimum Gasteiger partial charge on any atom is -0.346 e. The third-order valence-electron chi connectivity index (χ3n) is 4.63. The molecule has 2 aromatic rings. The van der Waals surface area contributed by atoms with Crippen molar-refractivity contribution in [2.75, 3.05) is 23.7 Å². The lowest BCUT2D eigenvalue weighted by atomic mass is 10.0. The maximum Gasteiger partial charge on any atom is 0.316 e. The summed E-state index contributed by atoms with van der Waals surface area (Å²) in [5, 5.41) is 23.7. The number of nitro groups is 1. The van der Waals surface area contributed by atoms with Crippen molar-refractivity contribution in [3.63, 3.8) is 0 Å². The molecule has 0 aromatic heterocycles. The minimum absolute atomic E-state index is 0.00435. The number of thioether (sulfide) groups is 1. The molecule has 0 bridgehead atoms. The summed E-state index contributed by atoms with van der Waals surface area (Å²) < 4.78 is 1.98. The lowest BCUT2D eigenvalue weighted by molar-refractivity contribution is -0.656. The molecule has 0 amide bonds. The molecule has 0 aliphatic carbocycles. The standard InChI is InChI=1S/C18H18N3O3S/c22-18(14-6-4-9-16(12-14)21(23)24)13-19(15-7-2-1-3-8-15)17-20(18)10-5-11-25-17/h1-4,6-9,12,22H,5,10-11,13H2/q+1/t18-/m1/s1. The van der Waals surface area contributed by atoms with Gasteiger partial charge in [-0.15, -0.1) is 0 Å². The van der Waals surface area contributed by atoms with E-state index < -0.39 is 10.6 Å². The molecular weight excluding hydrogens is 338 g/mol. The smallest absolute Gasteiger partial charge is 0.316 e. The summed E-state index contributed by atoms with van der Waals surface area (Å²) in [5.74, 6) is 1.00. The van der Waals surface area contributed by atoms with Gasteiger partial charge < -0.3 is 5.11 Å². The van der Waals surface area contributed by atoms with Gasteiger partial charge in [-0.3, -0.25) is 10.1 Å². The van der Waals surface area contributed by atoms with Crippen LogP contribution in [0.1, 0.15) is 12.0 Å². The van der Waals surface area contributed by atoms with Crippen molar-refractivity contribution in [3.8, 4) is 0 Å². The fourth-order valence-electron chi connectivity index (χ4n) is 3.43. The Morgan fingerprint density at radius 3 is 2.76 bits per heavy atom. The zero-order valence-corrected chi connectivity index (χ0v) is 14.4. The van der Waals surface area contributed by atoms with Crippen LogP contribution in [0, 0.1) is 10.1 Å². The zero-order valence-electron chi connectivity index (χ0n) is 13.5. The zero-order chi connectivity index (χ0) is 17.4. The van der Waals surface area contributed by atoms with Crippen molar-refractivity contribution in [1.29, 1.82) is 0 Å². The summed E-state index contributed by atoms with van der Waals surface area (Å²) in [6.45, 7) is 1.07. The van der Waals surface area contributed by atoms with Crippen LogP contribution in [0.3, 0.4) is 0 Å². The largest absolute Gasteiger partial charge is 0.346 e. The maximum atomic E-state index is 11.5. The molecule has 2 aliphatic heterocycles. The first-order chi connectivity index (χ1) is 12.1. The number of aliphatic hydroxyl groups is 1. The first-order valence-electron chi connectivity index (χ1n) is 8.17. The van der Waals surface area contributed by atoms with Crippen LogP contribution in [-0.2, 0) is 5.72 Å². The number of benzene rings is 2. The summed E-state index contributed by atoms with van der Waals surface area (Å²) in [5.41, 5.74) is 0.290. The summed E-state index contributed by atoms with van der Waals surface area (Å²) >= 11 is 1.72. The third kappa shape index (κ3) is 2.69. The molecule has 128 valence electrons. The second-order valence-electron chi connectivity index (χ2n) is 6.18. The van der Waals surface area contributed by atoms with Gasteiger partial charge in [0.25, 0.3) is 11.4 Å². The molecule has 1 atom stereocenters. The van der Waals surface area contributed by atoms with Crippen LogP contribution in [0.25, 0.3) is 0 Å². The molecule has 0 unspecified atom stereocenters. The van der Waals surface area contributed by atoms with E-state index in [9.17, 15) is 15.2 Å². The normalized spacial score (nSPS) is 22.8. The number of rotatable bonds is 3. The summed E-state index contributed by atoms with van der Waals surface area (Å²) in [6.07, 6.45) is 0.966. The van der Waals surface area contributed by atoms with E-state index in [-0.39, 0.29) is 5.69 Å². The van der Waals surface area contributed by atoms with Crippen LogP contribution >= 0.6 is 11.8 Å². The minimum atomic E-state index is -1.27. The number of β-amino-alcohol motifs (C(OH)–C–C–N with tert-alkyl or cyclic N) is 1. The molecule has 6 nitrogen and oxygen atoms in total. The first kappa shape index (κ1) is 16.1. The molecule has 0 spiro atoms. The average molecular weight is 356 g/mol. The topological polar surface area (TPSA) is 69.6 Å². The van der Waals surface area contributed by atoms with Gasteiger partial charge in [0.2, 0.25) is 0 Å². The fourth-order valence-corrected chi connectivity index (χ4v) is 4.61. The SMILES string of the molecule is O=[N+]([O-])c1cccc([C@]2(O)CN(c3ccccc3)C3=[N+]2CCCS3)c1. The molecule has 2 heterocycles. The highest BCUT2D eigenvalue weighted by molar-refractivity contribution is 8.13. The van der Waals surface area contributed by atoms with E-state index in [1.807, 2.05) is 34.9 Å². The van der Waals surface area contributed by atoms with Crippen molar-refractivity contribution < 1.29 is 14.6 Å². The fraction of sp³-hybridized carbons (Fsp3) is 0.278. The van der Waals surface area contributed by atoms with Crippen molar-refractivity contribution in [3.05, 3.63) is 70.3 Å². The monoisotopic (exact) mass is 356 g/mol. The summed E-state index contributed by atoms with van der Waals surface area (Å²) in [7, 11) is 0. The number of para-hydroxylation sites is 1. The quantitative estimate of drug-likeness (QED) is 0.520. The molecule has 1 N–H and O–H groups in total. The Labute approximate surface area is 149 Å². The second kappa shape index (κ2) is 6.16. The van der Waals surface area contributed by atoms with Crippen LogP contribution in [0.5, 0.6) is 0 Å². The molecule has 0 saturated heterocycles. The molecular formula is C18H18N3O3S+. The van der Waals surface area contributed by atoms with E-state index >= 15 is 0 Å². The van der Waals surface area contributed by atoms with E-state index in [2.05, 4.69) is 4.90 Å². The number of amidine groups is 1. The van der Waals surface area contributed by atoms with Crippen LogP contribution in [0.15, 0.2) is 54.6 Å². The molecule has 0 saturated carbocycles. The Kier molecular flexibility index (Phi) is 3.97. The van der Waals surface area contributed by atoms with Crippen molar-refractivity contribution in [2.45, 2.75) is 12.1 Å². The van der Waals surface area contributed by atoms with Gasteiger partial charge in [-0.05, 0) is 30.3 Å². The van der Waals surface area contributed by atoms with Gasteiger partial charge in [0.05, 0.1) is 11.5 Å². The molecule has 2 aromatic carbocycles. The van der Waals surface area contributed by atoms with Gasteiger partial charge >= 0.3 is 5.17 Å². The van der Waals surface area contributed by atoms with Crippen LogP contribution in [0.2, 0.25) is 0 Å². The highest BCUT2D eigenvalue weighted by Crippen LogP contribution is 2.38. The van der Waals surface area contributed by atoms with E-state index in [1.165, 1.54) is 12.1 Å². The van der Waals surface area contributed by atoms with Crippen molar-refractivity contribution in [1.82, 2.24) is 0 Å². The van der Waals surface area contributed by atoms with Crippen LogP contribution in [0.4, 0.5) is 11.4 Å². The third-order valence-corrected chi connectivity index (χ3v) is 5.82. The van der Waals surface area contributed by atoms with Gasteiger partial charge in [-0.1, -0.05) is 30.3 Å². The van der Waals surface area contributed by atoms with E-state index in [4.69, 9.17) is 0 Å². The average Bonchev–Trinajstić information content (AvgIpc) is 2.97. The highest BCUT2D eigenvalue weighted by Gasteiger charge is 2.53. The summed E-state index contributed by atoms with van der Waals surface area (Å²) in [4.78, 5) is 12.8. The molecule has 0 fully saturated rings. The Bertz CT molecular complexity index is 856. The van der Waals surface area contributed by atoms with E-state index in [1.54, 1.807) is 23.9 Å². The number of non-ortho nitro benzene ring substituents is 1. The molecule has 0 radical (unpaired) electrons. The number of hydrogen-bond acceptors (Lipinski definition) is 5. The van der Waals surface area contributed by atoms with Crippen molar-refractivity contribution in [2.24, 2.45) is 0 Å². The number of nitro benzene ring substituents is 1. The number of hydrogen-bond donors (Lipinski definition) is 1. The Hall–Kier alpha value is -2.38. The Morgan fingerprint density at radius 2 is 2.00 bits per heavy atom. The second-order valence-corrected chi connectivity index (χ2v) is 7.24. The van der Waals surface area contributed by atoms with Crippen LogP contribution in [-0.4, -0.2) is 38.6 Å². The predicted octanol–water partition coefficient (Wildman–Crippen LogP) is 2.77. The molecule has 4 rings (SSSR count). The lowest BCUT2D eigenvalue weighted by Crippen LogP contribution is -2.41. The van der Waals surface area contributed by atoms with Crippen LogP contribution < -0.4 is 4.90 Å². The molecule has 7 heteroatoms. The van der Waals surface area contributed by atoms with Gasteiger partial charge in [-0.2, -0.15) is 0 Å². The summed E-state index contributed by atoms with van der Waals surface area (Å²) in [6, 6.07) is 16.3. The highest BCUT2D eigenvalue weighted by atomic mass is 32.2. The molecule has 2 aliphatic rings. The first-order valence-corrected chi connectivity index (χ1v) is 9.15. The lowest BCUT2D eigenvalue weighted by Gasteiger charge is -2.24.